The SMILES string of the molecule is COc1ccc(OC)c(-n2c(C)cc(/C=C(/C#N)C(=O)Nc3nc(S(=O)(=O)CC(C)C)ns3)c2C)c1. The van der Waals surface area contributed by atoms with Gasteiger partial charge in [-0.05, 0) is 49.6 Å². The van der Waals surface area contributed by atoms with E-state index >= 15 is 0 Å². The summed E-state index contributed by atoms with van der Waals surface area (Å²) < 4.78 is 41.3. The maximum atomic E-state index is 12.8. The number of anilines is 1. The predicted molar refractivity (Wildman–Crippen MR) is 137 cm³/mol. The number of rotatable bonds is 9. The van der Waals surface area contributed by atoms with Gasteiger partial charge >= 0.3 is 0 Å². The number of aryl methyl sites for hydroxylation is 1. The molecule has 1 aromatic carbocycles. The van der Waals surface area contributed by atoms with Crippen LogP contribution in [-0.2, 0) is 14.6 Å². The van der Waals surface area contributed by atoms with Crippen LogP contribution in [0.25, 0.3) is 11.8 Å². The van der Waals surface area contributed by atoms with Crippen molar-refractivity contribution < 1.29 is 22.7 Å². The van der Waals surface area contributed by atoms with Crippen LogP contribution in [-0.4, -0.2) is 48.2 Å². The predicted octanol–water partition coefficient (Wildman–Crippen LogP) is 3.94. The molecule has 0 fully saturated rings. The molecule has 0 saturated heterocycles. The topological polar surface area (TPSA) is 136 Å². The summed E-state index contributed by atoms with van der Waals surface area (Å²) in [6.07, 6.45) is 1.47. The van der Waals surface area contributed by atoms with Gasteiger partial charge in [0, 0.05) is 29.0 Å². The van der Waals surface area contributed by atoms with E-state index in [1.165, 1.54) is 6.08 Å². The molecule has 0 aliphatic carbocycles. The lowest BCUT2D eigenvalue weighted by Gasteiger charge is -2.15. The summed E-state index contributed by atoms with van der Waals surface area (Å²) in [4.78, 5) is 16.7. The molecule has 0 bridgehead atoms. The number of methoxy groups -OCH3 is 2. The van der Waals surface area contributed by atoms with Gasteiger partial charge in [0.2, 0.25) is 15.0 Å². The highest BCUT2D eigenvalue weighted by molar-refractivity contribution is 7.91. The van der Waals surface area contributed by atoms with Crippen LogP contribution >= 0.6 is 11.5 Å². The summed E-state index contributed by atoms with van der Waals surface area (Å²) in [5, 5.41) is 11.8. The molecule has 190 valence electrons. The average molecular weight is 530 g/mol. The molecular formula is C24H27N5O5S2. The van der Waals surface area contributed by atoms with Gasteiger partial charge in [0.1, 0.15) is 23.1 Å². The summed E-state index contributed by atoms with van der Waals surface area (Å²) in [6.45, 7) is 7.31. The van der Waals surface area contributed by atoms with Crippen molar-refractivity contribution in [2.75, 3.05) is 25.3 Å². The van der Waals surface area contributed by atoms with Gasteiger partial charge in [0.15, 0.2) is 0 Å². The molecule has 2 aromatic heterocycles. The highest BCUT2D eigenvalue weighted by Crippen LogP contribution is 2.32. The van der Waals surface area contributed by atoms with Crippen LogP contribution in [0.1, 0.15) is 30.8 Å². The number of carbonyl (C=O) groups excluding carboxylic acids is 1. The second-order valence-electron chi connectivity index (χ2n) is 8.38. The number of hydrogen-bond acceptors (Lipinski definition) is 9. The summed E-state index contributed by atoms with van der Waals surface area (Å²) in [5.41, 5.74) is 2.86. The summed E-state index contributed by atoms with van der Waals surface area (Å²) in [5.74, 6) is 0.366. The van der Waals surface area contributed by atoms with Crippen LogP contribution in [0.15, 0.2) is 35.0 Å². The maximum Gasteiger partial charge on any atom is 0.268 e. The zero-order valence-electron chi connectivity index (χ0n) is 20.8. The Labute approximate surface area is 214 Å². The van der Waals surface area contributed by atoms with E-state index in [-0.39, 0.29) is 27.5 Å². The smallest absolute Gasteiger partial charge is 0.268 e. The van der Waals surface area contributed by atoms with E-state index in [0.717, 1.165) is 28.6 Å². The van der Waals surface area contributed by atoms with Crippen molar-refractivity contribution in [3.8, 4) is 23.3 Å². The van der Waals surface area contributed by atoms with Crippen molar-refractivity contribution in [1.82, 2.24) is 13.9 Å². The molecule has 2 heterocycles. The Balaban J connectivity index is 1.91. The summed E-state index contributed by atoms with van der Waals surface area (Å²) >= 11 is 0.742. The molecule has 0 atom stereocenters. The molecule has 0 unspecified atom stereocenters. The first-order valence-electron chi connectivity index (χ1n) is 10.9. The van der Waals surface area contributed by atoms with Crippen molar-refractivity contribution in [3.63, 3.8) is 0 Å². The lowest BCUT2D eigenvalue weighted by atomic mass is 10.1. The summed E-state index contributed by atoms with van der Waals surface area (Å²) in [7, 11) is -0.507. The number of benzene rings is 1. The molecule has 12 heteroatoms. The Morgan fingerprint density at radius 2 is 1.97 bits per heavy atom. The van der Waals surface area contributed by atoms with E-state index < -0.39 is 15.7 Å². The van der Waals surface area contributed by atoms with Crippen molar-refractivity contribution >= 4 is 38.5 Å². The van der Waals surface area contributed by atoms with E-state index in [1.807, 2.05) is 36.6 Å². The van der Waals surface area contributed by atoms with Crippen LogP contribution in [0.3, 0.4) is 0 Å². The van der Waals surface area contributed by atoms with Crippen molar-refractivity contribution in [2.45, 2.75) is 32.9 Å². The van der Waals surface area contributed by atoms with E-state index in [9.17, 15) is 18.5 Å². The van der Waals surface area contributed by atoms with Crippen molar-refractivity contribution in [3.05, 3.63) is 46.8 Å². The number of carbonyl (C=O) groups is 1. The van der Waals surface area contributed by atoms with E-state index in [2.05, 4.69) is 14.7 Å². The summed E-state index contributed by atoms with van der Waals surface area (Å²) in [6, 6.07) is 9.18. The molecule has 0 aliphatic heterocycles. The van der Waals surface area contributed by atoms with Crippen LogP contribution in [0.5, 0.6) is 11.5 Å². The Morgan fingerprint density at radius 3 is 2.58 bits per heavy atom. The fraction of sp³-hybridized carbons (Fsp3) is 0.333. The number of nitriles is 1. The third-order valence-electron chi connectivity index (χ3n) is 5.22. The van der Waals surface area contributed by atoms with Crippen LogP contribution in [0.4, 0.5) is 5.13 Å². The minimum atomic E-state index is -3.66. The molecule has 0 aliphatic rings. The van der Waals surface area contributed by atoms with Crippen molar-refractivity contribution in [2.24, 2.45) is 5.92 Å². The normalized spacial score (nSPS) is 11.9. The van der Waals surface area contributed by atoms with Gasteiger partial charge in [0.05, 0.1) is 25.7 Å². The third-order valence-corrected chi connectivity index (χ3v) is 7.81. The first-order valence-corrected chi connectivity index (χ1v) is 13.3. The third kappa shape index (κ3) is 5.75. The van der Waals surface area contributed by atoms with Crippen LogP contribution in [0, 0.1) is 31.1 Å². The molecule has 1 N–H and O–H groups in total. The molecule has 36 heavy (non-hydrogen) atoms. The minimum Gasteiger partial charge on any atom is -0.497 e. The van der Waals surface area contributed by atoms with Crippen LogP contribution < -0.4 is 14.8 Å². The highest BCUT2D eigenvalue weighted by Gasteiger charge is 2.23. The fourth-order valence-corrected chi connectivity index (χ4v) is 6.00. The Kier molecular flexibility index (Phi) is 8.17. The monoisotopic (exact) mass is 529 g/mol. The molecule has 0 spiro atoms. The minimum absolute atomic E-state index is 0.00456. The Bertz CT molecular complexity index is 1460. The highest BCUT2D eigenvalue weighted by atomic mass is 32.2. The number of hydrogen-bond donors (Lipinski definition) is 1. The lowest BCUT2D eigenvalue weighted by molar-refractivity contribution is -0.112. The van der Waals surface area contributed by atoms with E-state index in [0.29, 0.717) is 17.1 Å². The number of ether oxygens (including phenoxy) is 2. The van der Waals surface area contributed by atoms with E-state index in [4.69, 9.17) is 9.47 Å². The number of aromatic nitrogens is 3. The molecule has 10 nitrogen and oxygen atoms in total. The maximum absolute atomic E-state index is 12.8. The average Bonchev–Trinajstić information content (AvgIpc) is 3.40. The second-order valence-corrected chi connectivity index (χ2v) is 11.1. The number of sulfone groups is 1. The zero-order valence-corrected chi connectivity index (χ0v) is 22.5. The first-order chi connectivity index (χ1) is 17.0. The Morgan fingerprint density at radius 1 is 1.25 bits per heavy atom. The van der Waals surface area contributed by atoms with Crippen LogP contribution in [0.2, 0.25) is 0 Å². The quantitative estimate of drug-likeness (QED) is 0.325. The number of nitrogens with zero attached hydrogens (tertiary/aromatic N) is 4. The molecule has 0 radical (unpaired) electrons. The standard InChI is InChI=1S/C24H27N5O5S2/c1-14(2)13-36(31,32)24-27-23(35-28-24)26-22(30)18(12-25)10-17-9-15(3)29(16(17)4)20-11-19(33-5)7-8-21(20)34-6/h7-11,14H,13H2,1-6H3,(H,26,27,28,30)/b18-10-. The van der Waals surface area contributed by atoms with Gasteiger partial charge in [-0.15, -0.1) is 0 Å². The zero-order chi connectivity index (χ0) is 26.6. The van der Waals surface area contributed by atoms with Gasteiger partial charge in [-0.1, -0.05) is 13.8 Å². The van der Waals surface area contributed by atoms with Gasteiger partial charge in [-0.2, -0.15) is 14.6 Å². The molecule has 1 amide bonds. The molecular weight excluding hydrogens is 502 g/mol. The molecule has 3 rings (SSSR count). The van der Waals surface area contributed by atoms with E-state index in [1.54, 1.807) is 40.2 Å². The van der Waals surface area contributed by atoms with Gasteiger partial charge < -0.3 is 14.0 Å². The van der Waals surface area contributed by atoms with Gasteiger partial charge in [-0.25, -0.2) is 8.42 Å². The Hall–Kier alpha value is -3.69. The fourth-order valence-electron chi connectivity index (χ4n) is 3.64. The largest absolute Gasteiger partial charge is 0.497 e. The second kappa shape index (κ2) is 10.9. The van der Waals surface area contributed by atoms with Gasteiger partial charge in [-0.3, -0.25) is 10.1 Å². The molecule has 0 saturated carbocycles. The number of amides is 1. The number of nitrogens with one attached hydrogen (secondary N) is 1. The first kappa shape index (κ1) is 26.9. The lowest BCUT2D eigenvalue weighted by Crippen LogP contribution is -2.15. The van der Waals surface area contributed by atoms with Gasteiger partial charge in [0.25, 0.3) is 11.1 Å². The molecule has 3 aromatic rings. The van der Waals surface area contributed by atoms with Crippen molar-refractivity contribution in [1.29, 1.82) is 5.26 Å².